The van der Waals surface area contributed by atoms with Crippen molar-refractivity contribution in [3.05, 3.63) is 70.3 Å². The van der Waals surface area contributed by atoms with Gasteiger partial charge in [-0.05, 0) is 37.6 Å². The summed E-state index contributed by atoms with van der Waals surface area (Å²) in [5.74, 6) is -0.0383. The van der Waals surface area contributed by atoms with Gasteiger partial charge in [0, 0.05) is 56.2 Å². The summed E-state index contributed by atoms with van der Waals surface area (Å²) in [5, 5.41) is 0.463. The number of hydrogen-bond acceptors (Lipinski definition) is 8. The van der Waals surface area contributed by atoms with Crippen molar-refractivity contribution in [2.45, 2.75) is 33.0 Å². The van der Waals surface area contributed by atoms with Crippen LogP contribution in [0.3, 0.4) is 0 Å². The molecule has 2 aromatic heterocycles. The van der Waals surface area contributed by atoms with E-state index < -0.39 is 26.9 Å². The Morgan fingerprint density at radius 3 is 2.50 bits per heavy atom. The van der Waals surface area contributed by atoms with Gasteiger partial charge in [0.25, 0.3) is 5.56 Å². The molecule has 1 aliphatic rings. The van der Waals surface area contributed by atoms with Crippen LogP contribution in [0.2, 0.25) is 0 Å². The van der Waals surface area contributed by atoms with Crippen LogP contribution in [-0.2, 0) is 27.5 Å². The van der Waals surface area contributed by atoms with Gasteiger partial charge in [-0.3, -0.25) is 23.5 Å². The summed E-state index contributed by atoms with van der Waals surface area (Å²) in [7, 11) is -3.14. The fourth-order valence-corrected chi connectivity index (χ4v) is 5.59. The van der Waals surface area contributed by atoms with Crippen molar-refractivity contribution in [3.8, 4) is 16.9 Å². The van der Waals surface area contributed by atoms with Gasteiger partial charge in [-0.1, -0.05) is 23.8 Å². The summed E-state index contributed by atoms with van der Waals surface area (Å²) in [4.78, 5) is 55.5. The van der Waals surface area contributed by atoms with Gasteiger partial charge in [-0.15, -0.1) is 0 Å². The van der Waals surface area contributed by atoms with Crippen molar-refractivity contribution in [2.75, 3.05) is 31.1 Å². The smallest absolute Gasteiger partial charge is 0.434 e. The second-order valence-electron chi connectivity index (χ2n) is 10.5. The number of halogens is 2. The average molecular weight is 633 g/mol. The van der Waals surface area contributed by atoms with E-state index >= 15 is 0 Å². The highest BCUT2D eigenvalue weighted by atomic mass is 31.2. The highest BCUT2D eigenvalue weighted by Crippen LogP contribution is 2.35. The number of ether oxygens (including phenoxy) is 1. The molecule has 1 saturated heterocycles. The second kappa shape index (κ2) is 12.4. The summed E-state index contributed by atoms with van der Waals surface area (Å²) < 4.78 is 49.2. The second-order valence-corrected chi connectivity index (χ2v) is 11.8. The van der Waals surface area contributed by atoms with Crippen LogP contribution in [0.15, 0.2) is 53.6 Å². The van der Waals surface area contributed by atoms with Gasteiger partial charge in [0.2, 0.25) is 11.9 Å². The number of nitrogens with zero attached hydrogens (tertiary/aromatic N) is 6. The standard InChI is InChI=1S/C28H31F2N6O7P/c1-17-4-7-24(43-27(29)30)20(10-17)15-36-23-11-19(5-6-22(23)26(38)33(36)3)21-12-31-28(32-13-21)34-8-9-35(18(2)14-34)25(37)16-42-44(39,40)41/h4-7,10-13,18,27H,8-9,14-16H2,1-3H3,(H2,39,40,41)/t18-/m1/s1. The van der Waals surface area contributed by atoms with Crippen LogP contribution in [-0.4, -0.2) is 78.8 Å². The number of amides is 1. The maximum atomic E-state index is 13.1. The van der Waals surface area contributed by atoms with Gasteiger partial charge in [-0.25, -0.2) is 14.5 Å². The van der Waals surface area contributed by atoms with Gasteiger partial charge in [0.1, 0.15) is 12.4 Å². The molecule has 0 radical (unpaired) electrons. The molecule has 0 unspecified atom stereocenters. The molecule has 0 aliphatic carbocycles. The maximum Gasteiger partial charge on any atom is 0.470 e. The number of alkyl halides is 2. The van der Waals surface area contributed by atoms with Crippen molar-refractivity contribution < 1.29 is 37.2 Å². The zero-order valence-corrected chi connectivity index (χ0v) is 25.0. The molecule has 5 rings (SSSR count). The minimum absolute atomic E-state index is 0.0361. The largest absolute Gasteiger partial charge is 0.470 e. The zero-order valence-electron chi connectivity index (χ0n) is 24.1. The maximum absolute atomic E-state index is 13.1. The van der Waals surface area contributed by atoms with Crippen molar-refractivity contribution >= 4 is 30.6 Å². The van der Waals surface area contributed by atoms with E-state index in [4.69, 9.17) is 14.5 Å². The number of fused-ring (bicyclic) bond motifs is 1. The molecule has 234 valence electrons. The molecule has 0 spiro atoms. The van der Waals surface area contributed by atoms with Crippen LogP contribution in [0.1, 0.15) is 18.1 Å². The lowest BCUT2D eigenvalue weighted by Gasteiger charge is -2.39. The van der Waals surface area contributed by atoms with Crippen molar-refractivity contribution in [3.63, 3.8) is 0 Å². The Kier molecular flexibility index (Phi) is 8.84. The van der Waals surface area contributed by atoms with Crippen molar-refractivity contribution in [1.82, 2.24) is 24.2 Å². The predicted molar refractivity (Wildman–Crippen MR) is 157 cm³/mol. The first-order valence-corrected chi connectivity index (χ1v) is 15.1. The average Bonchev–Trinajstić information content (AvgIpc) is 3.21. The number of hydrogen-bond donors (Lipinski definition) is 2. The van der Waals surface area contributed by atoms with Crippen molar-refractivity contribution in [1.29, 1.82) is 0 Å². The number of carbonyl (C=O) groups excluding carboxylic acids is 1. The Morgan fingerprint density at radius 2 is 1.84 bits per heavy atom. The van der Waals surface area contributed by atoms with Gasteiger partial charge in [-0.2, -0.15) is 8.78 Å². The van der Waals surface area contributed by atoms with Crippen LogP contribution in [0.25, 0.3) is 22.0 Å². The molecular formula is C28H31F2N6O7P. The highest BCUT2D eigenvalue weighted by Gasteiger charge is 2.30. The SMILES string of the molecule is Cc1ccc(OC(F)F)c(Cn2c3cc(-c4cnc(N5CCN(C(=O)COP(=O)(O)O)[C@H](C)C5)nc4)ccc3c(=O)n2C)c1. The van der Waals surface area contributed by atoms with Crippen molar-refractivity contribution in [2.24, 2.45) is 7.05 Å². The first-order chi connectivity index (χ1) is 20.8. The Hall–Kier alpha value is -4.17. The minimum Gasteiger partial charge on any atom is -0.434 e. The molecular weight excluding hydrogens is 601 g/mol. The number of carbonyl (C=O) groups is 1. The third kappa shape index (κ3) is 6.81. The molecule has 44 heavy (non-hydrogen) atoms. The number of piperazine rings is 1. The molecule has 1 atom stereocenters. The number of anilines is 1. The van der Waals surface area contributed by atoms with Crippen LogP contribution in [0.5, 0.6) is 5.75 Å². The van der Waals surface area contributed by atoms with Gasteiger partial charge in [0.05, 0.1) is 17.4 Å². The number of benzene rings is 2. The third-order valence-corrected chi connectivity index (χ3v) is 7.94. The summed E-state index contributed by atoms with van der Waals surface area (Å²) in [5.41, 5.74) is 3.15. The lowest BCUT2D eigenvalue weighted by molar-refractivity contribution is -0.136. The number of rotatable bonds is 9. The monoisotopic (exact) mass is 632 g/mol. The van der Waals surface area contributed by atoms with Crippen LogP contribution in [0.4, 0.5) is 14.7 Å². The van der Waals surface area contributed by atoms with Gasteiger partial charge >= 0.3 is 14.4 Å². The molecule has 16 heteroatoms. The Bertz CT molecular complexity index is 1790. The number of phosphoric ester groups is 1. The number of phosphoric acid groups is 1. The van der Waals surface area contributed by atoms with Crippen LogP contribution in [0, 0.1) is 6.92 Å². The first-order valence-electron chi connectivity index (χ1n) is 13.6. The molecule has 1 fully saturated rings. The third-order valence-electron chi connectivity index (χ3n) is 7.47. The fourth-order valence-electron chi connectivity index (χ4n) is 5.31. The molecule has 13 nitrogen and oxygen atoms in total. The zero-order chi connectivity index (χ0) is 31.8. The summed E-state index contributed by atoms with van der Waals surface area (Å²) >= 11 is 0. The van der Waals surface area contributed by atoms with E-state index in [0.717, 1.165) is 11.1 Å². The summed E-state index contributed by atoms with van der Waals surface area (Å²) in [6.07, 6.45) is 3.31. The van der Waals surface area contributed by atoms with Crippen LogP contribution < -0.4 is 15.2 Å². The number of aromatic nitrogens is 4. The molecule has 1 amide bonds. The predicted octanol–water partition coefficient (Wildman–Crippen LogP) is 2.90. The van der Waals surface area contributed by atoms with E-state index in [1.54, 1.807) is 48.4 Å². The van der Waals surface area contributed by atoms with E-state index in [0.29, 0.717) is 47.6 Å². The Balaban J connectivity index is 1.35. The molecule has 2 aromatic carbocycles. The van der Waals surface area contributed by atoms with E-state index in [1.165, 1.54) is 15.6 Å². The van der Waals surface area contributed by atoms with Crippen LogP contribution >= 0.6 is 7.82 Å². The molecule has 2 N–H and O–H groups in total. The number of aryl methyl sites for hydroxylation is 1. The molecule has 0 bridgehead atoms. The van der Waals surface area contributed by atoms with E-state index in [-0.39, 0.29) is 23.9 Å². The topological polar surface area (TPSA) is 152 Å². The van der Waals surface area contributed by atoms with E-state index in [9.17, 15) is 22.9 Å². The lowest BCUT2D eigenvalue weighted by Crippen LogP contribution is -2.55. The van der Waals surface area contributed by atoms with Gasteiger partial charge < -0.3 is 24.3 Å². The minimum atomic E-state index is -4.75. The fraction of sp³-hybridized carbons (Fsp3) is 0.357. The summed E-state index contributed by atoms with van der Waals surface area (Å²) in [6, 6.07) is 9.96. The molecule has 3 heterocycles. The summed E-state index contributed by atoms with van der Waals surface area (Å²) in [6.45, 7) is 1.18. The first kappa shape index (κ1) is 31.3. The molecule has 4 aromatic rings. The molecule has 1 aliphatic heterocycles. The molecule has 0 saturated carbocycles. The lowest BCUT2D eigenvalue weighted by atomic mass is 10.1. The van der Waals surface area contributed by atoms with E-state index in [1.807, 2.05) is 24.8 Å². The van der Waals surface area contributed by atoms with E-state index in [2.05, 4.69) is 14.5 Å². The highest BCUT2D eigenvalue weighted by molar-refractivity contribution is 7.46. The quantitative estimate of drug-likeness (QED) is 0.264. The Labute approximate surface area is 250 Å². The Morgan fingerprint density at radius 1 is 1.11 bits per heavy atom. The normalized spacial score (nSPS) is 15.8. The van der Waals surface area contributed by atoms with Gasteiger partial charge in [0.15, 0.2) is 0 Å².